The molecule has 2 rings (SSSR count). The fourth-order valence-electron chi connectivity index (χ4n) is 3.31. The van der Waals surface area contributed by atoms with Crippen LogP contribution in [-0.2, 0) is 0 Å². The molecule has 0 N–H and O–H groups in total. The predicted octanol–water partition coefficient (Wildman–Crippen LogP) is 3.86. The van der Waals surface area contributed by atoms with Crippen molar-refractivity contribution in [2.45, 2.75) is 64.8 Å². The Labute approximate surface area is 121 Å². The smallest absolute Gasteiger partial charge is 0.0113 e. The average molecular weight is 268 g/mol. The Morgan fingerprint density at radius 1 is 0.895 bits per heavy atom. The van der Waals surface area contributed by atoms with E-state index in [0.29, 0.717) is 0 Å². The van der Waals surface area contributed by atoms with E-state index in [4.69, 9.17) is 0 Å². The number of piperidine rings is 1. The summed E-state index contributed by atoms with van der Waals surface area (Å²) >= 11 is 0. The Morgan fingerprint density at radius 2 is 1.42 bits per heavy atom. The molecule has 0 aromatic carbocycles. The zero-order valence-electron chi connectivity index (χ0n) is 14.0. The standard InChI is InChI=1S/C9H18.C8H18N2/c1-8(2)9-6-4-3-5-7-9;1-9(2)8-4-6-10(3)7-5-8/h8-9H,3-7H2,1-2H3;8H,4-7H2,1-3H3. The summed E-state index contributed by atoms with van der Waals surface area (Å²) < 4.78 is 0. The van der Waals surface area contributed by atoms with Crippen molar-refractivity contribution in [3.8, 4) is 0 Å². The van der Waals surface area contributed by atoms with Gasteiger partial charge in [-0.05, 0) is 58.9 Å². The molecule has 1 heterocycles. The normalized spacial score (nSPS) is 23.5. The van der Waals surface area contributed by atoms with Crippen molar-refractivity contribution >= 4 is 0 Å². The molecular weight excluding hydrogens is 232 g/mol. The lowest BCUT2D eigenvalue weighted by molar-refractivity contribution is 0.166. The molecule has 114 valence electrons. The molecule has 2 aliphatic rings. The van der Waals surface area contributed by atoms with Crippen molar-refractivity contribution in [1.82, 2.24) is 9.80 Å². The minimum Gasteiger partial charge on any atom is -0.306 e. The van der Waals surface area contributed by atoms with Gasteiger partial charge in [-0.2, -0.15) is 0 Å². The van der Waals surface area contributed by atoms with E-state index in [1.807, 2.05) is 0 Å². The lowest BCUT2D eigenvalue weighted by Gasteiger charge is -2.32. The van der Waals surface area contributed by atoms with E-state index in [1.54, 1.807) is 0 Å². The zero-order chi connectivity index (χ0) is 14.3. The first-order valence-electron chi connectivity index (χ1n) is 8.35. The van der Waals surface area contributed by atoms with E-state index in [0.717, 1.165) is 17.9 Å². The zero-order valence-corrected chi connectivity index (χ0v) is 14.0. The molecule has 0 spiro atoms. The summed E-state index contributed by atoms with van der Waals surface area (Å²) in [6.45, 7) is 7.25. The second kappa shape index (κ2) is 8.97. The van der Waals surface area contributed by atoms with E-state index in [2.05, 4.69) is 44.8 Å². The molecule has 0 aromatic heterocycles. The summed E-state index contributed by atoms with van der Waals surface area (Å²) in [4.78, 5) is 4.74. The average Bonchev–Trinajstić information content (AvgIpc) is 2.41. The van der Waals surface area contributed by atoms with Crippen LogP contribution in [0.25, 0.3) is 0 Å². The Kier molecular flexibility index (Phi) is 8.01. The van der Waals surface area contributed by atoms with Crippen molar-refractivity contribution in [3.63, 3.8) is 0 Å². The third-order valence-corrected chi connectivity index (χ3v) is 5.01. The molecule has 0 radical (unpaired) electrons. The number of likely N-dealkylation sites (tertiary alicyclic amines) is 1. The van der Waals surface area contributed by atoms with Gasteiger partial charge in [0.25, 0.3) is 0 Å². The van der Waals surface area contributed by atoms with Crippen LogP contribution in [-0.4, -0.2) is 50.1 Å². The van der Waals surface area contributed by atoms with Crippen LogP contribution in [0.15, 0.2) is 0 Å². The Morgan fingerprint density at radius 3 is 1.79 bits per heavy atom. The maximum atomic E-state index is 2.40. The van der Waals surface area contributed by atoms with Crippen molar-refractivity contribution in [1.29, 1.82) is 0 Å². The highest BCUT2D eigenvalue weighted by Gasteiger charge is 2.17. The maximum Gasteiger partial charge on any atom is 0.0113 e. The van der Waals surface area contributed by atoms with E-state index >= 15 is 0 Å². The molecule has 0 unspecified atom stereocenters. The van der Waals surface area contributed by atoms with E-state index in [1.165, 1.54) is 58.0 Å². The Balaban J connectivity index is 0.000000191. The first-order chi connectivity index (χ1) is 9.00. The van der Waals surface area contributed by atoms with Crippen LogP contribution in [0.1, 0.15) is 58.8 Å². The monoisotopic (exact) mass is 268 g/mol. The van der Waals surface area contributed by atoms with Gasteiger partial charge in [0.15, 0.2) is 0 Å². The van der Waals surface area contributed by atoms with Crippen molar-refractivity contribution < 1.29 is 0 Å². The van der Waals surface area contributed by atoms with Gasteiger partial charge in [0.1, 0.15) is 0 Å². The van der Waals surface area contributed by atoms with Crippen LogP contribution in [0.5, 0.6) is 0 Å². The van der Waals surface area contributed by atoms with Crippen molar-refractivity contribution in [2.24, 2.45) is 11.8 Å². The van der Waals surface area contributed by atoms with Crippen LogP contribution in [0.4, 0.5) is 0 Å². The van der Waals surface area contributed by atoms with Crippen LogP contribution >= 0.6 is 0 Å². The van der Waals surface area contributed by atoms with E-state index in [9.17, 15) is 0 Å². The molecule has 1 aliphatic carbocycles. The predicted molar refractivity (Wildman–Crippen MR) is 85.6 cm³/mol. The lowest BCUT2D eigenvalue weighted by atomic mass is 9.82. The number of hydrogen-bond donors (Lipinski definition) is 0. The van der Waals surface area contributed by atoms with Gasteiger partial charge in [0.05, 0.1) is 0 Å². The van der Waals surface area contributed by atoms with Crippen LogP contribution in [0.2, 0.25) is 0 Å². The van der Waals surface area contributed by atoms with E-state index in [-0.39, 0.29) is 0 Å². The third kappa shape index (κ3) is 6.76. The molecule has 0 bridgehead atoms. The highest BCUT2D eigenvalue weighted by Crippen LogP contribution is 2.29. The van der Waals surface area contributed by atoms with Gasteiger partial charge in [0.2, 0.25) is 0 Å². The number of nitrogens with zero attached hydrogens (tertiary/aromatic N) is 2. The summed E-state index contributed by atoms with van der Waals surface area (Å²) in [5, 5.41) is 0. The minimum absolute atomic E-state index is 0.830. The van der Waals surface area contributed by atoms with Crippen LogP contribution in [0.3, 0.4) is 0 Å². The third-order valence-electron chi connectivity index (χ3n) is 5.01. The summed E-state index contributed by atoms with van der Waals surface area (Å²) in [6, 6.07) is 0.830. The number of hydrogen-bond acceptors (Lipinski definition) is 2. The van der Waals surface area contributed by atoms with Crippen molar-refractivity contribution in [2.75, 3.05) is 34.2 Å². The lowest BCUT2D eigenvalue weighted by Crippen LogP contribution is -2.40. The topological polar surface area (TPSA) is 6.48 Å². The largest absolute Gasteiger partial charge is 0.306 e. The summed E-state index contributed by atoms with van der Waals surface area (Å²) in [7, 11) is 6.55. The van der Waals surface area contributed by atoms with Gasteiger partial charge in [-0.15, -0.1) is 0 Å². The molecule has 2 nitrogen and oxygen atoms in total. The fourth-order valence-corrected chi connectivity index (χ4v) is 3.31. The summed E-state index contributed by atoms with van der Waals surface area (Å²) in [5.74, 6) is 1.99. The van der Waals surface area contributed by atoms with Crippen LogP contribution < -0.4 is 0 Å². The highest BCUT2D eigenvalue weighted by atomic mass is 15.2. The van der Waals surface area contributed by atoms with Gasteiger partial charge in [0, 0.05) is 6.04 Å². The Bertz CT molecular complexity index is 211. The van der Waals surface area contributed by atoms with Gasteiger partial charge < -0.3 is 9.80 Å². The SMILES string of the molecule is CC(C)C1CCCCC1.CN1CCC(N(C)C)CC1. The molecule has 1 saturated heterocycles. The van der Waals surface area contributed by atoms with Gasteiger partial charge in [-0.25, -0.2) is 0 Å². The molecule has 0 aromatic rings. The quantitative estimate of drug-likeness (QED) is 0.750. The summed E-state index contributed by atoms with van der Waals surface area (Å²) in [6.07, 6.45) is 10.1. The first-order valence-corrected chi connectivity index (χ1v) is 8.35. The van der Waals surface area contributed by atoms with Gasteiger partial charge in [-0.1, -0.05) is 46.0 Å². The molecule has 1 saturated carbocycles. The fraction of sp³-hybridized carbons (Fsp3) is 1.00. The van der Waals surface area contributed by atoms with E-state index < -0.39 is 0 Å². The molecule has 2 fully saturated rings. The second-order valence-corrected chi connectivity index (χ2v) is 7.14. The molecule has 0 amide bonds. The maximum absolute atomic E-state index is 2.40. The molecule has 1 aliphatic heterocycles. The van der Waals surface area contributed by atoms with Crippen molar-refractivity contribution in [3.05, 3.63) is 0 Å². The van der Waals surface area contributed by atoms with Gasteiger partial charge in [-0.3, -0.25) is 0 Å². The van der Waals surface area contributed by atoms with Gasteiger partial charge >= 0.3 is 0 Å². The molecular formula is C17H36N2. The molecule has 2 heteroatoms. The highest BCUT2D eigenvalue weighted by molar-refractivity contribution is 4.74. The second-order valence-electron chi connectivity index (χ2n) is 7.14. The van der Waals surface area contributed by atoms with Crippen LogP contribution in [0, 0.1) is 11.8 Å². The Hall–Kier alpha value is -0.0800. The molecule has 19 heavy (non-hydrogen) atoms. The minimum atomic E-state index is 0.830. The first kappa shape index (κ1) is 17.0. The summed E-state index contributed by atoms with van der Waals surface area (Å²) in [5.41, 5.74) is 0. The number of rotatable bonds is 2. The molecule has 0 atom stereocenters.